The summed E-state index contributed by atoms with van der Waals surface area (Å²) in [5.74, 6) is 1.67. The molecule has 4 nitrogen and oxygen atoms in total. The molecule has 0 radical (unpaired) electrons. The molecule has 0 spiro atoms. The summed E-state index contributed by atoms with van der Waals surface area (Å²) in [4.78, 5) is 2.21. The highest BCUT2D eigenvalue weighted by Crippen LogP contribution is 2.34. The van der Waals surface area contributed by atoms with Gasteiger partial charge in [-0.05, 0) is 45.4 Å². The molecule has 0 aromatic heterocycles. The number of nitriles is 1. The number of methoxy groups -OCH3 is 1. The fourth-order valence-corrected chi connectivity index (χ4v) is 3.80. The molecule has 0 fully saturated rings. The van der Waals surface area contributed by atoms with Crippen LogP contribution in [0, 0.1) is 17.2 Å². The summed E-state index contributed by atoms with van der Waals surface area (Å²) in [6.07, 6.45) is 17.8. The van der Waals surface area contributed by atoms with E-state index in [2.05, 4.69) is 70.9 Å². The van der Waals surface area contributed by atoms with Crippen LogP contribution in [0.5, 0.6) is 5.75 Å². The van der Waals surface area contributed by atoms with E-state index in [1.54, 1.807) is 13.2 Å². The van der Waals surface area contributed by atoms with Crippen molar-refractivity contribution in [3.05, 3.63) is 64.9 Å². The van der Waals surface area contributed by atoms with Gasteiger partial charge in [0.1, 0.15) is 5.75 Å². The molecule has 37 heavy (non-hydrogen) atoms. The lowest BCUT2D eigenvalue weighted by Crippen LogP contribution is -2.26. The molecular formula is C33H57N3O. The third-order valence-electron chi connectivity index (χ3n) is 6.21. The van der Waals surface area contributed by atoms with E-state index < -0.39 is 0 Å². The molecule has 1 rings (SSSR count). The van der Waals surface area contributed by atoms with Crippen LogP contribution in [0.2, 0.25) is 0 Å². The Morgan fingerprint density at radius 3 is 2.32 bits per heavy atom. The van der Waals surface area contributed by atoms with E-state index >= 15 is 0 Å². The van der Waals surface area contributed by atoms with Crippen molar-refractivity contribution < 1.29 is 4.74 Å². The number of unbranched alkanes of at least 4 members (excludes halogenated alkanes) is 3. The summed E-state index contributed by atoms with van der Waals surface area (Å²) in [6, 6.07) is 7.78. The highest BCUT2D eigenvalue weighted by Gasteiger charge is 2.22. The Balaban J connectivity index is 0. The first kappa shape index (κ1) is 36.6. The van der Waals surface area contributed by atoms with Gasteiger partial charge >= 0.3 is 0 Å². The van der Waals surface area contributed by atoms with E-state index in [0.29, 0.717) is 5.56 Å². The Morgan fingerprint density at radius 2 is 1.81 bits per heavy atom. The van der Waals surface area contributed by atoms with Crippen LogP contribution in [0.3, 0.4) is 0 Å². The molecule has 2 unspecified atom stereocenters. The van der Waals surface area contributed by atoms with Gasteiger partial charge in [0.25, 0.3) is 0 Å². The van der Waals surface area contributed by atoms with Crippen molar-refractivity contribution in [1.29, 1.82) is 5.26 Å². The molecule has 210 valence electrons. The zero-order valence-corrected chi connectivity index (χ0v) is 25.7. The summed E-state index contributed by atoms with van der Waals surface area (Å²) >= 11 is 0. The van der Waals surface area contributed by atoms with Crippen LogP contribution in [-0.4, -0.2) is 25.6 Å². The van der Waals surface area contributed by atoms with E-state index in [4.69, 9.17) is 15.7 Å². The quantitative estimate of drug-likeness (QED) is 0.200. The second-order valence-electron chi connectivity index (χ2n) is 9.47. The Bertz CT molecular complexity index is 828. The zero-order valence-electron chi connectivity index (χ0n) is 25.7. The van der Waals surface area contributed by atoms with Crippen LogP contribution < -0.4 is 10.5 Å². The predicted molar refractivity (Wildman–Crippen MR) is 164 cm³/mol. The second-order valence-corrected chi connectivity index (χ2v) is 9.47. The minimum atomic E-state index is 0.0276. The lowest BCUT2D eigenvalue weighted by Gasteiger charge is -2.30. The molecule has 0 aliphatic heterocycles. The zero-order chi connectivity index (χ0) is 28.6. The van der Waals surface area contributed by atoms with Gasteiger partial charge in [-0.2, -0.15) is 5.26 Å². The molecule has 0 aliphatic carbocycles. The molecule has 4 heteroatoms. The minimum absolute atomic E-state index is 0.0276. The lowest BCUT2D eigenvalue weighted by atomic mass is 9.95. The average Bonchev–Trinajstić information content (AvgIpc) is 2.91. The van der Waals surface area contributed by atoms with Gasteiger partial charge in [-0.15, -0.1) is 0 Å². The Labute approximate surface area is 230 Å². The van der Waals surface area contributed by atoms with Gasteiger partial charge in [-0.25, -0.2) is 0 Å². The van der Waals surface area contributed by atoms with E-state index in [1.165, 1.54) is 44.1 Å². The maximum Gasteiger partial charge on any atom is 0.125 e. The summed E-state index contributed by atoms with van der Waals surface area (Å²) in [7, 11) is 3.69. The number of hydrogen-bond acceptors (Lipinski definition) is 4. The molecule has 0 saturated carbocycles. The highest BCUT2D eigenvalue weighted by molar-refractivity contribution is 5.46. The Hall–Kier alpha value is -2.51. The number of nitrogens with two attached hydrogens (primary N) is 1. The molecule has 0 saturated heterocycles. The Morgan fingerprint density at radius 1 is 1.14 bits per heavy atom. The van der Waals surface area contributed by atoms with E-state index in [1.807, 2.05) is 39.0 Å². The number of rotatable bonds is 14. The van der Waals surface area contributed by atoms with Crippen molar-refractivity contribution in [2.45, 2.75) is 106 Å². The Kier molecular flexibility index (Phi) is 23.6. The van der Waals surface area contributed by atoms with Crippen LogP contribution in [-0.2, 0) is 0 Å². The lowest BCUT2D eigenvalue weighted by molar-refractivity contribution is 0.294. The van der Waals surface area contributed by atoms with Crippen molar-refractivity contribution in [3.8, 4) is 11.8 Å². The fraction of sp³-hybridized carbons (Fsp3) is 0.606. The number of ether oxygens (including phenoxy) is 1. The van der Waals surface area contributed by atoms with Gasteiger partial charge in [-0.3, -0.25) is 4.90 Å². The first-order valence-corrected chi connectivity index (χ1v) is 14.3. The van der Waals surface area contributed by atoms with E-state index in [0.717, 1.165) is 35.9 Å². The average molecular weight is 512 g/mol. The number of likely N-dealkylation sites (N-methyl/N-ethyl adjacent to an activating group) is 1. The first-order valence-electron chi connectivity index (χ1n) is 14.3. The molecule has 2 atom stereocenters. The summed E-state index contributed by atoms with van der Waals surface area (Å²) < 4.78 is 5.56. The monoisotopic (exact) mass is 511 g/mol. The van der Waals surface area contributed by atoms with Crippen LogP contribution in [0.4, 0.5) is 0 Å². The van der Waals surface area contributed by atoms with Gasteiger partial charge in [0.15, 0.2) is 0 Å². The molecule has 0 heterocycles. The number of hydrogen-bond donors (Lipinski definition) is 1. The fourth-order valence-electron chi connectivity index (χ4n) is 3.80. The second kappa shape index (κ2) is 23.9. The third-order valence-corrected chi connectivity index (χ3v) is 6.21. The molecule has 0 bridgehead atoms. The van der Waals surface area contributed by atoms with E-state index in [-0.39, 0.29) is 6.04 Å². The molecule has 0 amide bonds. The largest absolute Gasteiger partial charge is 0.496 e. The van der Waals surface area contributed by atoms with Crippen LogP contribution in [0.1, 0.15) is 118 Å². The SMILES string of the molecule is CC.CC/C=C\C=C(/C)C(c1ccc(C#N)cc1OC)N(C)C/C=C(\C)N.CCCCCCC(C)CC. The van der Waals surface area contributed by atoms with Crippen molar-refractivity contribution in [1.82, 2.24) is 4.90 Å². The number of nitrogens with zero attached hydrogens (tertiary/aromatic N) is 2. The third kappa shape index (κ3) is 16.8. The van der Waals surface area contributed by atoms with Gasteiger partial charge in [0, 0.05) is 17.8 Å². The van der Waals surface area contributed by atoms with Crippen LogP contribution in [0.25, 0.3) is 0 Å². The summed E-state index contributed by atoms with van der Waals surface area (Å²) in [5.41, 5.74) is 9.41. The maximum absolute atomic E-state index is 9.14. The van der Waals surface area contributed by atoms with Gasteiger partial charge in [0.05, 0.1) is 24.8 Å². The number of benzene rings is 1. The van der Waals surface area contributed by atoms with Crippen molar-refractivity contribution >= 4 is 0 Å². The van der Waals surface area contributed by atoms with Crippen LogP contribution in [0.15, 0.2) is 53.8 Å². The molecular weight excluding hydrogens is 454 g/mol. The first-order chi connectivity index (χ1) is 17.7. The van der Waals surface area contributed by atoms with Crippen molar-refractivity contribution in [2.75, 3.05) is 20.7 Å². The van der Waals surface area contributed by atoms with Crippen molar-refractivity contribution in [3.63, 3.8) is 0 Å². The normalized spacial score (nSPS) is 13.2. The minimum Gasteiger partial charge on any atom is -0.496 e. The number of allylic oxidation sites excluding steroid dienone is 4. The molecule has 2 N–H and O–H groups in total. The topological polar surface area (TPSA) is 62.3 Å². The van der Waals surface area contributed by atoms with Gasteiger partial charge in [-0.1, -0.05) is 116 Å². The van der Waals surface area contributed by atoms with Crippen molar-refractivity contribution in [2.24, 2.45) is 11.7 Å². The predicted octanol–water partition coefficient (Wildman–Crippen LogP) is 9.34. The van der Waals surface area contributed by atoms with Crippen LogP contribution >= 0.6 is 0 Å². The highest BCUT2D eigenvalue weighted by atomic mass is 16.5. The van der Waals surface area contributed by atoms with E-state index in [9.17, 15) is 0 Å². The maximum atomic E-state index is 9.14. The molecule has 1 aromatic carbocycles. The smallest absolute Gasteiger partial charge is 0.125 e. The molecule has 1 aromatic rings. The van der Waals surface area contributed by atoms with Gasteiger partial charge in [0.2, 0.25) is 0 Å². The summed E-state index contributed by atoms with van der Waals surface area (Å²) in [6.45, 7) is 17.7. The standard InChI is InChI=1S/C21H29N3O.C10H22.C2H6/c1-6-7-8-9-16(2)21(24(4)13-12-17(3)23)19-11-10-18(15-22)14-20(19)25-5;1-4-6-7-8-9-10(3)5-2;1-2/h7-12,14,21H,6,13,23H2,1-5H3;10H,4-9H2,1-3H3;1-2H3/b8-7-,16-9+,17-12+;;. The van der Waals surface area contributed by atoms with Gasteiger partial charge < -0.3 is 10.5 Å². The molecule has 0 aliphatic rings. The summed E-state index contributed by atoms with van der Waals surface area (Å²) in [5, 5.41) is 9.14.